The molecule has 0 amide bonds. The van der Waals surface area contributed by atoms with Crippen LogP contribution in [0.15, 0.2) is 49.2 Å². The van der Waals surface area contributed by atoms with E-state index in [0.717, 1.165) is 10.9 Å². The van der Waals surface area contributed by atoms with Crippen LogP contribution in [0.1, 0.15) is 11.8 Å². The highest BCUT2D eigenvalue weighted by atomic mass is 32.2. The largest absolute Gasteiger partial charge is 0.328 e. The molecule has 1 atom stereocenters. The molecule has 0 aliphatic carbocycles. The lowest BCUT2D eigenvalue weighted by Gasteiger charge is -2.15. The molecule has 0 spiro atoms. The van der Waals surface area contributed by atoms with Crippen molar-refractivity contribution in [1.82, 2.24) is 4.57 Å². The van der Waals surface area contributed by atoms with Crippen LogP contribution in [0.4, 0.5) is 0 Å². The molecule has 0 saturated carbocycles. The van der Waals surface area contributed by atoms with Crippen molar-refractivity contribution >= 4 is 21.0 Å². The van der Waals surface area contributed by atoms with Gasteiger partial charge in [-0.2, -0.15) is 8.42 Å². The lowest BCUT2D eigenvalue weighted by molar-refractivity contribution is 0.448. The van der Waals surface area contributed by atoms with Crippen LogP contribution in [0.25, 0.3) is 10.9 Å². The first-order valence-corrected chi connectivity index (χ1v) is 6.67. The summed E-state index contributed by atoms with van der Waals surface area (Å²) in [5.74, 6) is 0. The van der Waals surface area contributed by atoms with Gasteiger partial charge in [0.1, 0.15) is 0 Å². The van der Waals surface area contributed by atoms with E-state index in [-0.39, 0.29) is 6.42 Å². The molecule has 0 aliphatic rings. The monoisotopic (exact) mass is 251 g/mol. The second-order valence-electron chi connectivity index (χ2n) is 3.78. The molecule has 0 fully saturated rings. The number of allylic oxidation sites excluding steroid dienone is 1. The topological polar surface area (TPSA) is 59.3 Å². The normalized spacial score (nSPS) is 13.7. The number of hydrogen-bond acceptors (Lipinski definition) is 2. The quantitative estimate of drug-likeness (QED) is 0.671. The summed E-state index contributed by atoms with van der Waals surface area (Å²) in [6, 6.07) is 9.23. The SMILES string of the molecule is C=CCC(n1ccc2ccccc21)S(=O)(=O)O. The maximum absolute atomic E-state index is 11.4. The van der Waals surface area contributed by atoms with Gasteiger partial charge in [-0.05, 0) is 17.5 Å². The number of rotatable bonds is 4. The Hall–Kier alpha value is -1.59. The van der Waals surface area contributed by atoms with Gasteiger partial charge < -0.3 is 4.57 Å². The lowest BCUT2D eigenvalue weighted by Crippen LogP contribution is -2.17. The zero-order valence-corrected chi connectivity index (χ0v) is 9.97. The average molecular weight is 251 g/mol. The van der Waals surface area contributed by atoms with Crippen LogP contribution in [0, 0.1) is 0 Å². The van der Waals surface area contributed by atoms with E-state index in [4.69, 9.17) is 0 Å². The number of aromatic nitrogens is 1. The van der Waals surface area contributed by atoms with Crippen LogP contribution in [-0.4, -0.2) is 17.5 Å². The fourth-order valence-electron chi connectivity index (χ4n) is 1.88. The van der Waals surface area contributed by atoms with Crippen LogP contribution in [0.2, 0.25) is 0 Å². The van der Waals surface area contributed by atoms with E-state index in [1.54, 1.807) is 10.8 Å². The molecule has 0 bridgehead atoms. The number of nitrogens with zero attached hydrogens (tertiary/aromatic N) is 1. The van der Waals surface area contributed by atoms with Gasteiger partial charge in [0.15, 0.2) is 5.37 Å². The van der Waals surface area contributed by atoms with Crippen LogP contribution < -0.4 is 0 Å². The van der Waals surface area contributed by atoms with Crippen molar-refractivity contribution < 1.29 is 13.0 Å². The van der Waals surface area contributed by atoms with Gasteiger partial charge in [-0.1, -0.05) is 24.3 Å². The van der Waals surface area contributed by atoms with E-state index in [2.05, 4.69) is 6.58 Å². The molecule has 1 aromatic heterocycles. The first kappa shape index (κ1) is 11.9. The van der Waals surface area contributed by atoms with Gasteiger partial charge in [-0.25, -0.2) is 0 Å². The van der Waals surface area contributed by atoms with Crippen molar-refractivity contribution in [1.29, 1.82) is 0 Å². The van der Waals surface area contributed by atoms with E-state index in [1.165, 1.54) is 6.08 Å². The Morgan fingerprint density at radius 2 is 2.06 bits per heavy atom. The third-order valence-corrected chi connectivity index (χ3v) is 3.76. The maximum atomic E-state index is 11.4. The van der Waals surface area contributed by atoms with Gasteiger partial charge in [0.25, 0.3) is 10.1 Å². The summed E-state index contributed by atoms with van der Waals surface area (Å²) in [6.07, 6.45) is 3.30. The smallest absolute Gasteiger partial charge is 0.286 e. The Labute approximate surface area is 99.9 Å². The second-order valence-corrected chi connectivity index (χ2v) is 5.35. The number of benzene rings is 1. The predicted octanol–water partition coefficient (Wildman–Crippen LogP) is 2.60. The second kappa shape index (κ2) is 4.35. The molecule has 2 aromatic rings. The van der Waals surface area contributed by atoms with E-state index >= 15 is 0 Å². The van der Waals surface area contributed by atoms with E-state index in [0.29, 0.717) is 0 Å². The zero-order chi connectivity index (χ0) is 12.5. The first-order chi connectivity index (χ1) is 8.04. The number of para-hydroxylation sites is 1. The molecule has 2 rings (SSSR count). The summed E-state index contributed by atoms with van der Waals surface area (Å²) in [4.78, 5) is 0. The molecule has 5 heteroatoms. The van der Waals surface area contributed by atoms with E-state index in [9.17, 15) is 13.0 Å². The highest BCUT2D eigenvalue weighted by Crippen LogP contribution is 2.25. The molecule has 1 heterocycles. The molecule has 17 heavy (non-hydrogen) atoms. The summed E-state index contributed by atoms with van der Waals surface area (Å²) >= 11 is 0. The summed E-state index contributed by atoms with van der Waals surface area (Å²) in [5.41, 5.74) is 0.775. The summed E-state index contributed by atoms with van der Waals surface area (Å²) < 4.78 is 33.5. The first-order valence-electron chi connectivity index (χ1n) is 5.17. The third kappa shape index (κ3) is 2.25. The number of hydrogen-bond donors (Lipinski definition) is 1. The van der Waals surface area contributed by atoms with Crippen molar-refractivity contribution in [3.63, 3.8) is 0 Å². The summed E-state index contributed by atoms with van der Waals surface area (Å²) in [5, 5.41) is -0.0786. The minimum atomic E-state index is -4.15. The average Bonchev–Trinajstić information content (AvgIpc) is 2.68. The highest BCUT2D eigenvalue weighted by Gasteiger charge is 2.24. The van der Waals surface area contributed by atoms with Gasteiger partial charge in [0, 0.05) is 18.1 Å². The molecule has 4 nitrogen and oxygen atoms in total. The van der Waals surface area contributed by atoms with Gasteiger partial charge in [0.05, 0.1) is 0 Å². The van der Waals surface area contributed by atoms with E-state index < -0.39 is 15.5 Å². The number of fused-ring (bicyclic) bond motifs is 1. The van der Waals surface area contributed by atoms with Crippen LogP contribution in [0.3, 0.4) is 0 Å². The maximum Gasteiger partial charge on any atom is 0.286 e. The fourth-order valence-corrected chi connectivity index (χ4v) is 2.73. The van der Waals surface area contributed by atoms with Gasteiger partial charge in [-0.15, -0.1) is 6.58 Å². The lowest BCUT2D eigenvalue weighted by atomic mass is 10.2. The zero-order valence-electron chi connectivity index (χ0n) is 9.15. The predicted molar refractivity (Wildman–Crippen MR) is 67.3 cm³/mol. The Bertz CT molecular complexity index is 643. The van der Waals surface area contributed by atoms with Crippen molar-refractivity contribution in [2.45, 2.75) is 11.8 Å². The van der Waals surface area contributed by atoms with Crippen molar-refractivity contribution in [3.05, 3.63) is 49.2 Å². The molecule has 0 radical (unpaired) electrons. The van der Waals surface area contributed by atoms with E-state index in [1.807, 2.05) is 30.3 Å². The molecule has 1 N–H and O–H groups in total. The summed E-state index contributed by atoms with van der Waals surface area (Å²) in [7, 11) is -4.15. The van der Waals surface area contributed by atoms with Gasteiger partial charge in [0.2, 0.25) is 0 Å². The van der Waals surface area contributed by atoms with Crippen LogP contribution in [0.5, 0.6) is 0 Å². The standard InChI is InChI=1S/C12H13NO3S/c1-2-5-12(17(14,15)16)13-9-8-10-6-3-4-7-11(10)13/h2-4,6-9,12H,1,5H2,(H,14,15,16). The Kier molecular flexibility index (Phi) is 3.04. The Balaban J connectivity index is 2.61. The molecule has 90 valence electrons. The molecule has 1 unspecified atom stereocenters. The highest BCUT2D eigenvalue weighted by molar-refractivity contribution is 7.85. The fraction of sp³-hybridized carbons (Fsp3) is 0.167. The van der Waals surface area contributed by atoms with Gasteiger partial charge in [-0.3, -0.25) is 4.55 Å². The van der Waals surface area contributed by atoms with Crippen molar-refractivity contribution in [3.8, 4) is 0 Å². The molecule has 0 saturated heterocycles. The Morgan fingerprint density at radius 1 is 1.35 bits per heavy atom. The molecule has 1 aromatic carbocycles. The van der Waals surface area contributed by atoms with Crippen molar-refractivity contribution in [2.24, 2.45) is 0 Å². The van der Waals surface area contributed by atoms with Crippen LogP contribution >= 0.6 is 0 Å². The Morgan fingerprint density at radius 3 is 2.71 bits per heavy atom. The summed E-state index contributed by atoms with van der Waals surface area (Å²) in [6.45, 7) is 3.52. The minimum absolute atomic E-state index is 0.164. The molecular weight excluding hydrogens is 238 g/mol. The van der Waals surface area contributed by atoms with Crippen LogP contribution in [-0.2, 0) is 10.1 Å². The van der Waals surface area contributed by atoms with Crippen molar-refractivity contribution in [2.75, 3.05) is 0 Å². The molecular formula is C12H13NO3S. The third-order valence-electron chi connectivity index (χ3n) is 2.65. The van der Waals surface area contributed by atoms with Gasteiger partial charge >= 0.3 is 0 Å². The minimum Gasteiger partial charge on any atom is -0.328 e. The molecule has 0 aliphatic heterocycles.